The number of oxime groups is 1. The van der Waals surface area contributed by atoms with Gasteiger partial charge in [0, 0.05) is 11.2 Å². The van der Waals surface area contributed by atoms with E-state index >= 15 is 0 Å². The van der Waals surface area contributed by atoms with E-state index in [0.29, 0.717) is 39.9 Å². The maximum absolute atomic E-state index is 13.1. The molecule has 0 fully saturated rings. The molecule has 0 aliphatic carbocycles. The van der Waals surface area contributed by atoms with Gasteiger partial charge < -0.3 is 4.84 Å². The van der Waals surface area contributed by atoms with Gasteiger partial charge in [0.1, 0.15) is 12.1 Å². The fourth-order valence-corrected chi connectivity index (χ4v) is 4.24. The first-order chi connectivity index (χ1) is 15.4. The summed E-state index contributed by atoms with van der Waals surface area (Å²) >= 11 is 6.18. The number of nitrogens with one attached hydrogen (secondary N) is 1. The van der Waals surface area contributed by atoms with Crippen molar-refractivity contribution in [2.24, 2.45) is 5.16 Å². The normalized spacial score (nSPS) is 12.2. The summed E-state index contributed by atoms with van der Waals surface area (Å²) in [6.45, 7) is 4.07. The highest BCUT2D eigenvalue weighted by molar-refractivity contribution is 7.92. The number of nitrogens with zero attached hydrogens (tertiary/aromatic N) is 5. The van der Waals surface area contributed by atoms with Crippen molar-refractivity contribution < 1.29 is 13.3 Å². The third kappa shape index (κ3) is 4.41. The van der Waals surface area contributed by atoms with Crippen LogP contribution in [0.2, 0.25) is 5.02 Å². The van der Waals surface area contributed by atoms with E-state index in [1.807, 2.05) is 6.92 Å². The highest BCUT2D eigenvalue weighted by atomic mass is 35.5. The lowest BCUT2D eigenvalue weighted by atomic mass is 10.1. The molecule has 164 valence electrons. The van der Waals surface area contributed by atoms with Gasteiger partial charge in [0.05, 0.1) is 22.0 Å². The lowest BCUT2D eigenvalue weighted by Gasteiger charge is -2.13. The number of hydrogen-bond donors (Lipinski definition) is 1. The molecule has 0 bridgehead atoms. The SMILES string of the molecule is CCON=C(C)c1ccc(S(=O)(=O)Nc2ccc(Cl)cc2-n2nnc3ncccc32)cc1. The molecule has 11 heteroatoms. The van der Waals surface area contributed by atoms with Crippen molar-refractivity contribution in [2.45, 2.75) is 18.7 Å². The summed E-state index contributed by atoms with van der Waals surface area (Å²) in [6, 6.07) is 14.7. The number of fused-ring (bicyclic) bond motifs is 1. The molecule has 0 atom stereocenters. The minimum atomic E-state index is -3.89. The lowest BCUT2D eigenvalue weighted by Crippen LogP contribution is -2.15. The fraction of sp³-hybridized carbons (Fsp3) is 0.143. The topological polar surface area (TPSA) is 111 Å². The van der Waals surface area contributed by atoms with Crippen LogP contribution in [0.4, 0.5) is 5.69 Å². The predicted octanol–water partition coefficient (Wildman–Crippen LogP) is 4.03. The molecule has 0 aliphatic rings. The number of rotatable bonds is 7. The molecule has 2 heterocycles. The van der Waals surface area contributed by atoms with Crippen LogP contribution in [0, 0.1) is 0 Å². The van der Waals surface area contributed by atoms with Crippen LogP contribution in [0.3, 0.4) is 0 Å². The Balaban J connectivity index is 1.68. The molecule has 0 unspecified atom stereocenters. The molecule has 0 aliphatic heterocycles. The Kier molecular flexibility index (Phi) is 6.06. The summed E-state index contributed by atoms with van der Waals surface area (Å²) in [6.07, 6.45) is 1.60. The van der Waals surface area contributed by atoms with Crippen molar-refractivity contribution in [3.63, 3.8) is 0 Å². The Morgan fingerprint density at radius 2 is 1.97 bits per heavy atom. The molecular weight excluding hydrogens is 452 g/mol. The molecule has 0 saturated heterocycles. The van der Waals surface area contributed by atoms with Gasteiger partial charge in [-0.05, 0) is 61.9 Å². The second-order valence-electron chi connectivity index (χ2n) is 6.73. The van der Waals surface area contributed by atoms with Gasteiger partial charge in [-0.1, -0.05) is 34.1 Å². The molecule has 0 spiro atoms. The number of aromatic nitrogens is 4. The van der Waals surface area contributed by atoms with Gasteiger partial charge in [0.25, 0.3) is 10.0 Å². The van der Waals surface area contributed by atoms with Crippen molar-refractivity contribution in [1.29, 1.82) is 0 Å². The summed E-state index contributed by atoms with van der Waals surface area (Å²) < 4.78 is 30.2. The van der Waals surface area contributed by atoms with Gasteiger partial charge in [-0.3, -0.25) is 4.72 Å². The third-order valence-electron chi connectivity index (χ3n) is 4.57. The maximum Gasteiger partial charge on any atom is 0.261 e. The van der Waals surface area contributed by atoms with Crippen LogP contribution < -0.4 is 4.72 Å². The Hall–Kier alpha value is -3.50. The number of hydrogen-bond acceptors (Lipinski definition) is 7. The average molecular weight is 471 g/mol. The largest absolute Gasteiger partial charge is 0.396 e. The maximum atomic E-state index is 13.1. The van der Waals surface area contributed by atoms with E-state index in [1.165, 1.54) is 16.8 Å². The summed E-state index contributed by atoms with van der Waals surface area (Å²) in [7, 11) is -3.89. The van der Waals surface area contributed by atoms with E-state index in [1.54, 1.807) is 55.6 Å². The van der Waals surface area contributed by atoms with Crippen molar-refractivity contribution in [3.05, 3.63) is 71.4 Å². The molecule has 2 aromatic carbocycles. The highest BCUT2D eigenvalue weighted by Crippen LogP contribution is 2.28. The lowest BCUT2D eigenvalue weighted by molar-refractivity contribution is 0.159. The second-order valence-corrected chi connectivity index (χ2v) is 8.85. The molecule has 0 radical (unpaired) electrons. The standard InChI is InChI=1S/C21H19ClN6O3S/c1-3-31-25-14(2)15-6-9-17(10-7-15)32(29,30)26-18-11-8-16(22)13-20(18)28-19-5-4-12-23-21(19)24-27-28/h4-13,26H,3H2,1-2H3. The zero-order valence-electron chi connectivity index (χ0n) is 17.2. The zero-order chi connectivity index (χ0) is 22.7. The summed E-state index contributed by atoms with van der Waals surface area (Å²) in [5.41, 5.74) is 3.17. The molecule has 9 nitrogen and oxygen atoms in total. The van der Waals surface area contributed by atoms with Gasteiger partial charge in [-0.15, -0.1) is 5.10 Å². The summed E-state index contributed by atoms with van der Waals surface area (Å²) in [5.74, 6) is 0. The van der Waals surface area contributed by atoms with Crippen LogP contribution in [0.15, 0.2) is 70.8 Å². The van der Waals surface area contributed by atoms with E-state index in [4.69, 9.17) is 16.4 Å². The van der Waals surface area contributed by atoms with Crippen LogP contribution in [-0.4, -0.2) is 40.7 Å². The fourth-order valence-electron chi connectivity index (χ4n) is 3.00. The number of halogens is 1. The Bertz CT molecular complexity index is 1400. The first-order valence-corrected chi connectivity index (χ1v) is 11.5. The van der Waals surface area contributed by atoms with E-state index < -0.39 is 10.0 Å². The Morgan fingerprint density at radius 3 is 2.72 bits per heavy atom. The quantitative estimate of drug-likeness (QED) is 0.322. The Labute approximate surface area is 189 Å². The Morgan fingerprint density at radius 1 is 1.19 bits per heavy atom. The van der Waals surface area contributed by atoms with Crippen LogP contribution >= 0.6 is 11.6 Å². The van der Waals surface area contributed by atoms with E-state index in [-0.39, 0.29) is 4.90 Å². The summed E-state index contributed by atoms with van der Waals surface area (Å²) in [5, 5.41) is 12.5. The monoisotopic (exact) mass is 470 g/mol. The van der Waals surface area contributed by atoms with Gasteiger partial charge in [-0.2, -0.15) is 0 Å². The smallest absolute Gasteiger partial charge is 0.261 e. The first-order valence-electron chi connectivity index (χ1n) is 9.65. The van der Waals surface area contributed by atoms with Crippen LogP contribution in [0.25, 0.3) is 16.9 Å². The minimum absolute atomic E-state index is 0.0940. The molecule has 4 rings (SSSR count). The van der Waals surface area contributed by atoms with Crippen molar-refractivity contribution >= 4 is 44.2 Å². The zero-order valence-corrected chi connectivity index (χ0v) is 18.8. The molecule has 1 N–H and O–H groups in total. The number of anilines is 1. The number of benzene rings is 2. The molecule has 2 aromatic heterocycles. The highest BCUT2D eigenvalue weighted by Gasteiger charge is 2.19. The van der Waals surface area contributed by atoms with Crippen molar-refractivity contribution in [3.8, 4) is 5.69 Å². The molecule has 32 heavy (non-hydrogen) atoms. The van der Waals surface area contributed by atoms with Crippen molar-refractivity contribution in [2.75, 3.05) is 11.3 Å². The predicted molar refractivity (Wildman–Crippen MR) is 123 cm³/mol. The molecule has 4 aromatic rings. The van der Waals surface area contributed by atoms with Crippen LogP contribution in [0.1, 0.15) is 19.4 Å². The third-order valence-corrected chi connectivity index (χ3v) is 6.18. The van der Waals surface area contributed by atoms with Gasteiger partial charge >= 0.3 is 0 Å². The number of sulfonamides is 1. The van der Waals surface area contributed by atoms with Gasteiger partial charge in [0.2, 0.25) is 5.65 Å². The van der Waals surface area contributed by atoms with E-state index in [2.05, 4.69) is 25.2 Å². The second kappa shape index (κ2) is 8.93. The number of pyridine rings is 1. The van der Waals surface area contributed by atoms with Gasteiger partial charge in [-0.25, -0.2) is 18.1 Å². The van der Waals surface area contributed by atoms with Crippen LogP contribution in [-0.2, 0) is 14.9 Å². The molecule has 0 amide bonds. The molecule has 0 saturated carbocycles. The van der Waals surface area contributed by atoms with Gasteiger partial charge in [0.15, 0.2) is 0 Å². The van der Waals surface area contributed by atoms with Crippen molar-refractivity contribution in [1.82, 2.24) is 20.0 Å². The van der Waals surface area contributed by atoms with E-state index in [9.17, 15) is 8.42 Å². The molecular formula is C21H19ClN6O3S. The van der Waals surface area contributed by atoms with Crippen LogP contribution in [0.5, 0.6) is 0 Å². The minimum Gasteiger partial charge on any atom is -0.396 e. The average Bonchev–Trinajstić information content (AvgIpc) is 3.22. The summed E-state index contributed by atoms with van der Waals surface area (Å²) in [4.78, 5) is 9.30. The van der Waals surface area contributed by atoms with E-state index in [0.717, 1.165) is 5.56 Å². The first kappa shape index (κ1) is 21.7.